The maximum Gasteiger partial charge on any atom is 0.308 e. The van der Waals surface area contributed by atoms with Crippen molar-refractivity contribution in [3.05, 3.63) is 34.6 Å². The summed E-state index contributed by atoms with van der Waals surface area (Å²) in [7, 11) is 0. The molecule has 4 rings (SSSR count). The molecule has 0 aromatic rings. The molecule has 0 bridgehead atoms. The standard InChI is InChI=1S/C25H36O4/c1-15(2)18-13-22(28-16(3)26)20-12-19-17-14-27-23(4,5)29-21(17)8-9-24(19,6)10-11-25(18,20)7/h12-13,15,18,21H,8-11,14H2,1-7H3/t18-,21-,24+,25-/m1/s1. The lowest BCUT2D eigenvalue weighted by molar-refractivity contribution is -0.255. The molecule has 0 N–H and O–H groups in total. The summed E-state index contributed by atoms with van der Waals surface area (Å²) < 4.78 is 18.1. The second-order valence-electron chi connectivity index (χ2n) is 10.7. The fraction of sp³-hybridized carbons (Fsp3) is 0.720. The predicted molar refractivity (Wildman–Crippen MR) is 113 cm³/mol. The van der Waals surface area contributed by atoms with Gasteiger partial charge in [0.25, 0.3) is 0 Å². The average molecular weight is 401 g/mol. The molecular weight excluding hydrogens is 364 g/mol. The molecule has 4 aliphatic rings. The highest BCUT2D eigenvalue weighted by Gasteiger charge is 2.51. The molecule has 0 aromatic carbocycles. The third-order valence-electron chi connectivity index (χ3n) is 7.75. The maximum atomic E-state index is 11.8. The molecule has 1 heterocycles. The zero-order valence-electron chi connectivity index (χ0n) is 19.1. The topological polar surface area (TPSA) is 44.8 Å². The van der Waals surface area contributed by atoms with E-state index in [9.17, 15) is 4.79 Å². The molecule has 4 heteroatoms. The molecule has 29 heavy (non-hydrogen) atoms. The van der Waals surface area contributed by atoms with Gasteiger partial charge < -0.3 is 14.2 Å². The highest BCUT2D eigenvalue weighted by Crippen LogP contribution is 2.60. The van der Waals surface area contributed by atoms with Crippen molar-refractivity contribution >= 4 is 5.97 Å². The van der Waals surface area contributed by atoms with E-state index in [-0.39, 0.29) is 22.9 Å². The van der Waals surface area contributed by atoms with Crippen molar-refractivity contribution < 1.29 is 19.0 Å². The highest BCUT2D eigenvalue weighted by molar-refractivity contribution is 5.69. The Labute approximate surface area is 175 Å². The summed E-state index contributed by atoms with van der Waals surface area (Å²) in [5.41, 5.74) is 3.92. The van der Waals surface area contributed by atoms with Crippen LogP contribution in [0.25, 0.3) is 0 Å². The molecule has 0 aromatic heterocycles. The molecule has 0 saturated carbocycles. The number of hydrogen-bond acceptors (Lipinski definition) is 4. The molecule has 1 saturated heterocycles. The van der Waals surface area contributed by atoms with Crippen LogP contribution in [0.3, 0.4) is 0 Å². The number of fused-ring (bicyclic) bond motifs is 3. The van der Waals surface area contributed by atoms with Crippen molar-refractivity contribution in [2.24, 2.45) is 22.7 Å². The van der Waals surface area contributed by atoms with Crippen LogP contribution in [-0.2, 0) is 19.0 Å². The Hall–Kier alpha value is -1.39. The van der Waals surface area contributed by atoms with Crippen molar-refractivity contribution in [1.82, 2.24) is 0 Å². The number of allylic oxidation sites excluding steroid dienone is 4. The van der Waals surface area contributed by atoms with E-state index in [0.717, 1.165) is 31.4 Å². The number of rotatable bonds is 2. The molecule has 3 aliphatic carbocycles. The Balaban J connectivity index is 1.85. The monoisotopic (exact) mass is 400 g/mol. The molecule has 1 aliphatic heterocycles. The fourth-order valence-corrected chi connectivity index (χ4v) is 6.06. The van der Waals surface area contributed by atoms with E-state index >= 15 is 0 Å². The molecule has 1 fully saturated rings. The smallest absolute Gasteiger partial charge is 0.308 e. The number of ether oxygens (including phenoxy) is 3. The maximum absolute atomic E-state index is 11.8. The molecule has 160 valence electrons. The van der Waals surface area contributed by atoms with Gasteiger partial charge in [0.15, 0.2) is 5.79 Å². The van der Waals surface area contributed by atoms with Gasteiger partial charge in [-0.25, -0.2) is 0 Å². The van der Waals surface area contributed by atoms with E-state index in [1.165, 1.54) is 23.6 Å². The van der Waals surface area contributed by atoms with Gasteiger partial charge in [-0.3, -0.25) is 4.79 Å². The lowest BCUT2D eigenvalue weighted by atomic mass is 9.65. The van der Waals surface area contributed by atoms with Gasteiger partial charge in [-0.2, -0.15) is 0 Å². The second-order valence-corrected chi connectivity index (χ2v) is 10.7. The number of hydrogen-bond donors (Lipinski definition) is 0. The molecule has 0 amide bonds. The van der Waals surface area contributed by atoms with Gasteiger partial charge in [-0.05, 0) is 74.0 Å². The summed E-state index contributed by atoms with van der Waals surface area (Å²) in [6.07, 6.45) is 9.04. The predicted octanol–water partition coefficient (Wildman–Crippen LogP) is 5.69. The largest absolute Gasteiger partial charge is 0.427 e. The second kappa shape index (κ2) is 6.81. The Morgan fingerprint density at radius 1 is 1.17 bits per heavy atom. The van der Waals surface area contributed by atoms with E-state index in [1.807, 2.05) is 13.8 Å². The van der Waals surface area contributed by atoms with Crippen molar-refractivity contribution in [3.8, 4) is 0 Å². The van der Waals surface area contributed by atoms with E-state index < -0.39 is 5.79 Å². The molecule has 0 spiro atoms. The lowest BCUT2D eigenvalue weighted by Gasteiger charge is -2.46. The third kappa shape index (κ3) is 3.42. The Bertz CT molecular complexity index is 815. The zero-order valence-corrected chi connectivity index (χ0v) is 19.1. The Morgan fingerprint density at radius 2 is 1.90 bits per heavy atom. The van der Waals surface area contributed by atoms with E-state index in [2.05, 4.69) is 39.8 Å². The molecular formula is C25H36O4. The molecule has 0 unspecified atom stereocenters. The van der Waals surface area contributed by atoms with E-state index in [0.29, 0.717) is 18.4 Å². The number of carbonyl (C=O) groups excluding carboxylic acids is 1. The summed E-state index contributed by atoms with van der Waals surface area (Å²) in [5.74, 6) is 0.827. The summed E-state index contributed by atoms with van der Waals surface area (Å²) in [6.45, 7) is 15.4. The van der Waals surface area contributed by atoms with Crippen LogP contribution >= 0.6 is 0 Å². The van der Waals surface area contributed by atoms with Crippen molar-refractivity contribution in [2.45, 2.75) is 86.0 Å². The van der Waals surface area contributed by atoms with Gasteiger partial charge in [0, 0.05) is 17.9 Å². The summed E-state index contributed by atoms with van der Waals surface area (Å²) in [6, 6.07) is 0. The van der Waals surface area contributed by atoms with Gasteiger partial charge >= 0.3 is 5.97 Å². The highest BCUT2D eigenvalue weighted by atomic mass is 16.7. The first-order valence-electron chi connectivity index (χ1n) is 11.1. The SMILES string of the molecule is CC(=O)OC1=C[C@H](C(C)C)[C@@]2(C)CC[C@]3(C)CC[C@H]4OC(C)(C)OCC4=C3C=C12. The average Bonchev–Trinajstić information content (AvgIpc) is 2.80. The molecule has 4 nitrogen and oxygen atoms in total. The van der Waals surface area contributed by atoms with Gasteiger partial charge in [0.1, 0.15) is 5.76 Å². The quantitative estimate of drug-likeness (QED) is 0.558. The van der Waals surface area contributed by atoms with Crippen LogP contribution in [-0.4, -0.2) is 24.5 Å². The Kier molecular flexibility index (Phi) is 4.90. The summed E-state index contributed by atoms with van der Waals surface area (Å²) in [4.78, 5) is 11.8. The zero-order chi connectivity index (χ0) is 21.2. The van der Waals surface area contributed by atoms with Gasteiger partial charge in [-0.1, -0.05) is 33.8 Å². The van der Waals surface area contributed by atoms with Crippen LogP contribution < -0.4 is 0 Å². The molecule has 4 atom stereocenters. The third-order valence-corrected chi connectivity index (χ3v) is 7.75. The normalized spacial score (nSPS) is 38.5. The van der Waals surface area contributed by atoms with Gasteiger partial charge in [0.05, 0.1) is 12.7 Å². The minimum atomic E-state index is -0.534. The van der Waals surface area contributed by atoms with Crippen LogP contribution in [0.2, 0.25) is 0 Å². The van der Waals surface area contributed by atoms with E-state index in [1.54, 1.807) is 0 Å². The molecule has 0 radical (unpaired) electrons. The van der Waals surface area contributed by atoms with Crippen LogP contribution in [0, 0.1) is 22.7 Å². The minimum Gasteiger partial charge on any atom is -0.427 e. The lowest BCUT2D eigenvalue weighted by Crippen LogP contribution is -2.45. The van der Waals surface area contributed by atoms with Crippen molar-refractivity contribution in [2.75, 3.05) is 6.61 Å². The fourth-order valence-electron chi connectivity index (χ4n) is 6.06. The first kappa shape index (κ1) is 20.9. The Morgan fingerprint density at radius 3 is 2.55 bits per heavy atom. The number of esters is 1. The van der Waals surface area contributed by atoms with Crippen LogP contribution in [0.5, 0.6) is 0 Å². The minimum absolute atomic E-state index is 0.0159. The van der Waals surface area contributed by atoms with Crippen LogP contribution in [0.1, 0.15) is 74.1 Å². The first-order valence-corrected chi connectivity index (χ1v) is 11.1. The summed E-state index contributed by atoms with van der Waals surface area (Å²) >= 11 is 0. The number of carbonyl (C=O) groups is 1. The first-order chi connectivity index (χ1) is 13.5. The van der Waals surface area contributed by atoms with Crippen LogP contribution in [0.4, 0.5) is 0 Å². The van der Waals surface area contributed by atoms with Gasteiger partial charge in [-0.15, -0.1) is 0 Å². The van der Waals surface area contributed by atoms with Crippen molar-refractivity contribution in [3.63, 3.8) is 0 Å². The van der Waals surface area contributed by atoms with Gasteiger partial charge in [0.2, 0.25) is 0 Å². The van der Waals surface area contributed by atoms with E-state index in [4.69, 9.17) is 14.2 Å². The van der Waals surface area contributed by atoms with Crippen molar-refractivity contribution in [1.29, 1.82) is 0 Å². The summed E-state index contributed by atoms with van der Waals surface area (Å²) in [5, 5.41) is 0. The van der Waals surface area contributed by atoms with Crippen LogP contribution in [0.15, 0.2) is 34.6 Å².